The fourth-order valence-electron chi connectivity index (χ4n) is 1.18. The van der Waals surface area contributed by atoms with Crippen molar-refractivity contribution >= 4 is 50.5 Å². The van der Waals surface area contributed by atoms with Gasteiger partial charge in [-0.2, -0.15) is 0 Å². The first kappa shape index (κ1) is 14.7. The van der Waals surface area contributed by atoms with Crippen LogP contribution in [0, 0.1) is 0 Å². The number of hydrogen-bond acceptors (Lipinski definition) is 2. The van der Waals surface area contributed by atoms with Crippen LogP contribution in [0.2, 0.25) is 5.02 Å². The molecule has 0 saturated heterocycles. The Hall–Kier alpha value is -0.360. The molecule has 0 radical (unpaired) electrons. The molecular weight excluding hydrogens is 324 g/mol. The van der Waals surface area contributed by atoms with Crippen LogP contribution in [0.15, 0.2) is 22.7 Å². The fraction of sp³-hybridized carbons (Fsp3) is 0.364. The van der Waals surface area contributed by atoms with Crippen LogP contribution in [0.5, 0.6) is 0 Å². The van der Waals surface area contributed by atoms with Gasteiger partial charge in [-0.1, -0.05) is 11.6 Å². The van der Waals surface area contributed by atoms with Crippen molar-refractivity contribution in [2.75, 3.05) is 25.6 Å². The number of anilines is 1. The van der Waals surface area contributed by atoms with Gasteiger partial charge in [-0.3, -0.25) is 0 Å². The van der Waals surface area contributed by atoms with Crippen molar-refractivity contribution in [3.05, 3.63) is 27.7 Å². The molecule has 0 aromatic heterocycles. The molecule has 2 N–H and O–H groups in total. The zero-order valence-corrected chi connectivity index (χ0v) is 12.6. The maximum absolute atomic E-state index is 5.90. The van der Waals surface area contributed by atoms with Crippen molar-refractivity contribution in [1.29, 1.82) is 0 Å². The highest BCUT2D eigenvalue weighted by molar-refractivity contribution is 9.10. The molecule has 0 unspecified atom stereocenters. The predicted octanol–water partition coefficient (Wildman–Crippen LogP) is 3.43. The minimum atomic E-state index is 0.573. The molecule has 0 bridgehead atoms. The van der Waals surface area contributed by atoms with E-state index in [-0.39, 0.29) is 0 Å². The lowest BCUT2D eigenvalue weighted by Gasteiger charge is -2.11. The van der Waals surface area contributed by atoms with E-state index in [1.807, 2.05) is 18.2 Å². The van der Waals surface area contributed by atoms with Crippen LogP contribution in [-0.2, 0) is 4.74 Å². The van der Waals surface area contributed by atoms with E-state index >= 15 is 0 Å². The Kier molecular flexibility index (Phi) is 6.80. The molecule has 0 atom stereocenters. The minimum Gasteiger partial charge on any atom is -0.385 e. The van der Waals surface area contributed by atoms with Gasteiger partial charge in [0.2, 0.25) is 0 Å². The predicted molar refractivity (Wildman–Crippen MR) is 79.9 cm³/mol. The van der Waals surface area contributed by atoms with Crippen LogP contribution in [0.1, 0.15) is 6.42 Å². The third-order valence-electron chi connectivity index (χ3n) is 1.99. The van der Waals surface area contributed by atoms with Gasteiger partial charge < -0.3 is 15.4 Å². The Morgan fingerprint density at radius 1 is 1.53 bits per heavy atom. The second kappa shape index (κ2) is 7.87. The van der Waals surface area contributed by atoms with Gasteiger partial charge in [-0.05, 0) is 52.8 Å². The summed E-state index contributed by atoms with van der Waals surface area (Å²) < 4.78 is 5.87. The van der Waals surface area contributed by atoms with E-state index in [4.69, 9.17) is 28.6 Å². The van der Waals surface area contributed by atoms with Gasteiger partial charge in [0.15, 0.2) is 5.11 Å². The van der Waals surface area contributed by atoms with Crippen LogP contribution in [0.3, 0.4) is 0 Å². The van der Waals surface area contributed by atoms with Crippen molar-refractivity contribution in [3.8, 4) is 0 Å². The Morgan fingerprint density at radius 2 is 2.29 bits per heavy atom. The summed E-state index contributed by atoms with van der Waals surface area (Å²) in [6.45, 7) is 1.49. The normalized spacial score (nSPS) is 10.1. The average Bonchev–Trinajstić information content (AvgIpc) is 2.29. The van der Waals surface area contributed by atoms with Gasteiger partial charge in [0.05, 0.1) is 5.69 Å². The van der Waals surface area contributed by atoms with Crippen molar-refractivity contribution in [1.82, 2.24) is 5.32 Å². The number of rotatable bonds is 5. The first-order valence-electron chi connectivity index (χ1n) is 5.12. The standard InChI is InChI=1S/C11H14BrClN2OS/c1-16-6-2-5-14-11(17)15-10-7-8(13)3-4-9(10)12/h3-4,7H,2,5-6H2,1H3,(H2,14,15,17). The Balaban J connectivity index is 2.42. The summed E-state index contributed by atoms with van der Waals surface area (Å²) in [6, 6.07) is 5.50. The summed E-state index contributed by atoms with van der Waals surface area (Å²) >= 11 is 14.5. The lowest BCUT2D eigenvalue weighted by atomic mass is 10.3. The molecule has 0 saturated carbocycles. The largest absolute Gasteiger partial charge is 0.385 e. The van der Waals surface area contributed by atoms with Crippen LogP contribution < -0.4 is 10.6 Å². The van der Waals surface area contributed by atoms with E-state index in [0.717, 1.165) is 29.7 Å². The van der Waals surface area contributed by atoms with Crippen LogP contribution in [0.25, 0.3) is 0 Å². The van der Waals surface area contributed by atoms with Gasteiger partial charge in [-0.15, -0.1) is 0 Å². The van der Waals surface area contributed by atoms with Crippen LogP contribution >= 0.6 is 39.7 Å². The molecular formula is C11H14BrClN2OS. The lowest BCUT2D eigenvalue weighted by Crippen LogP contribution is -2.29. The molecule has 0 amide bonds. The number of methoxy groups -OCH3 is 1. The molecule has 0 aliphatic heterocycles. The van der Waals surface area contributed by atoms with Gasteiger partial charge in [0, 0.05) is 29.8 Å². The summed E-state index contributed by atoms with van der Waals surface area (Å²) in [5.74, 6) is 0. The monoisotopic (exact) mass is 336 g/mol. The first-order chi connectivity index (χ1) is 8.13. The maximum Gasteiger partial charge on any atom is 0.170 e. The number of halogens is 2. The molecule has 94 valence electrons. The molecule has 1 rings (SSSR count). The van der Waals surface area contributed by atoms with Crippen LogP contribution in [-0.4, -0.2) is 25.4 Å². The maximum atomic E-state index is 5.90. The average molecular weight is 338 g/mol. The topological polar surface area (TPSA) is 33.3 Å². The molecule has 3 nitrogen and oxygen atoms in total. The zero-order valence-electron chi connectivity index (χ0n) is 9.43. The highest BCUT2D eigenvalue weighted by atomic mass is 79.9. The SMILES string of the molecule is COCCCNC(=S)Nc1cc(Cl)ccc1Br. The van der Waals surface area contributed by atoms with Crippen molar-refractivity contribution in [2.24, 2.45) is 0 Å². The highest BCUT2D eigenvalue weighted by Crippen LogP contribution is 2.25. The molecule has 1 aromatic rings. The van der Waals surface area contributed by atoms with E-state index < -0.39 is 0 Å². The number of nitrogens with one attached hydrogen (secondary N) is 2. The molecule has 0 aliphatic carbocycles. The van der Waals surface area contributed by atoms with Gasteiger partial charge in [0.1, 0.15) is 0 Å². The van der Waals surface area contributed by atoms with Gasteiger partial charge >= 0.3 is 0 Å². The highest BCUT2D eigenvalue weighted by Gasteiger charge is 2.02. The van der Waals surface area contributed by atoms with E-state index in [1.54, 1.807) is 7.11 Å². The molecule has 0 spiro atoms. The summed E-state index contributed by atoms with van der Waals surface area (Å²) in [5, 5.41) is 7.40. The fourth-order valence-corrected chi connectivity index (χ4v) is 1.91. The van der Waals surface area contributed by atoms with E-state index in [9.17, 15) is 0 Å². The first-order valence-corrected chi connectivity index (χ1v) is 6.70. The zero-order chi connectivity index (χ0) is 12.7. The van der Waals surface area contributed by atoms with Gasteiger partial charge in [-0.25, -0.2) is 0 Å². The van der Waals surface area contributed by atoms with Crippen molar-refractivity contribution < 1.29 is 4.74 Å². The number of hydrogen-bond donors (Lipinski definition) is 2. The summed E-state index contributed by atoms with van der Waals surface area (Å²) in [7, 11) is 1.68. The summed E-state index contributed by atoms with van der Waals surface area (Å²) in [6.07, 6.45) is 0.912. The van der Waals surface area contributed by atoms with Crippen LogP contribution in [0.4, 0.5) is 5.69 Å². The quantitative estimate of drug-likeness (QED) is 0.637. The molecule has 0 aliphatic rings. The van der Waals surface area contributed by atoms with Crippen molar-refractivity contribution in [3.63, 3.8) is 0 Å². The minimum absolute atomic E-state index is 0.573. The summed E-state index contributed by atoms with van der Waals surface area (Å²) in [5.41, 5.74) is 0.849. The smallest absolute Gasteiger partial charge is 0.170 e. The van der Waals surface area contributed by atoms with E-state index in [1.165, 1.54) is 0 Å². The second-order valence-corrected chi connectivity index (χ2v) is 5.05. The lowest BCUT2D eigenvalue weighted by molar-refractivity contribution is 0.196. The van der Waals surface area contributed by atoms with Gasteiger partial charge in [0.25, 0.3) is 0 Å². The second-order valence-electron chi connectivity index (χ2n) is 3.35. The summed E-state index contributed by atoms with van der Waals surface area (Å²) in [4.78, 5) is 0. The molecule has 6 heteroatoms. The van der Waals surface area contributed by atoms with E-state index in [0.29, 0.717) is 10.1 Å². The number of ether oxygens (including phenoxy) is 1. The third kappa shape index (κ3) is 5.68. The Labute approximate surface area is 120 Å². The van der Waals surface area contributed by atoms with E-state index in [2.05, 4.69) is 26.6 Å². The third-order valence-corrected chi connectivity index (χ3v) is 3.16. The number of benzene rings is 1. The molecule has 0 fully saturated rings. The van der Waals surface area contributed by atoms with Crippen molar-refractivity contribution in [2.45, 2.75) is 6.42 Å². The molecule has 1 aromatic carbocycles. The molecule has 0 heterocycles. The Bertz CT molecular complexity index is 390. The Morgan fingerprint density at radius 3 is 3.00 bits per heavy atom. The molecule has 17 heavy (non-hydrogen) atoms. The number of thiocarbonyl (C=S) groups is 1.